The van der Waals surface area contributed by atoms with Crippen molar-refractivity contribution in [2.75, 3.05) is 13.1 Å². The highest BCUT2D eigenvalue weighted by Gasteiger charge is 2.37. The largest absolute Gasteiger partial charge is 0.352 e. The van der Waals surface area contributed by atoms with Gasteiger partial charge in [0.1, 0.15) is 0 Å². The third kappa shape index (κ3) is 5.05. The van der Waals surface area contributed by atoms with Crippen molar-refractivity contribution in [3.63, 3.8) is 0 Å². The molecule has 1 aliphatic carbocycles. The lowest BCUT2D eigenvalue weighted by molar-refractivity contribution is -0.128. The molecule has 0 aliphatic heterocycles. The van der Waals surface area contributed by atoms with Crippen molar-refractivity contribution in [1.29, 1.82) is 0 Å². The molecule has 0 saturated heterocycles. The van der Waals surface area contributed by atoms with Gasteiger partial charge < -0.3 is 11.1 Å². The molecule has 1 aromatic rings. The summed E-state index contributed by atoms with van der Waals surface area (Å²) in [4.78, 5) is 14.9. The van der Waals surface area contributed by atoms with E-state index in [9.17, 15) is 4.79 Å². The number of rotatable bonds is 7. The van der Waals surface area contributed by atoms with Crippen molar-refractivity contribution in [2.24, 2.45) is 11.7 Å². The van der Waals surface area contributed by atoms with Crippen molar-refractivity contribution in [1.82, 2.24) is 10.2 Å². The van der Waals surface area contributed by atoms with Gasteiger partial charge in [-0.15, -0.1) is 0 Å². The minimum atomic E-state index is -0.368. The summed E-state index contributed by atoms with van der Waals surface area (Å²) in [5.74, 6) is 0.0407. The summed E-state index contributed by atoms with van der Waals surface area (Å²) in [5.41, 5.74) is 8.42. The number of nitrogens with zero attached hydrogens (tertiary/aromatic N) is 1. The van der Waals surface area contributed by atoms with E-state index in [0.717, 1.165) is 50.9 Å². The van der Waals surface area contributed by atoms with Crippen molar-refractivity contribution >= 4 is 5.91 Å². The van der Waals surface area contributed by atoms with Crippen molar-refractivity contribution in [2.45, 2.75) is 65.1 Å². The first kappa shape index (κ1) is 18.9. The average Bonchev–Trinajstić information content (AvgIpc) is 2.57. The minimum absolute atomic E-state index is 0.0647. The Bertz CT molecular complexity index is 537. The quantitative estimate of drug-likeness (QED) is 0.807. The van der Waals surface area contributed by atoms with Gasteiger partial charge in [-0.1, -0.05) is 51.0 Å². The van der Waals surface area contributed by atoms with Crippen LogP contribution < -0.4 is 11.1 Å². The third-order valence-corrected chi connectivity index (χ3v) is 5.33. The standard InChI is InChI=1S/C20H33N3O/c1-4-23(5-2)15-17-10-8-9-16(13-17)14-22-19(24)18-11-6-7-12-20(18,3)21/h8-10,13,18H,4-7,11-12,14-15,21H2,1-3H3,(H,22,24). The monoisotopic (exact) mass is 331 g/mol. The zero-order valence-electron chi connectivity index (χ0n) is 15.5. The molecular formula is C20H33N3O. The molecule has 24 heavy (non-hydrogen) atoms. The number of amides is 1. The maximum atomic E-state index is 12.5. The topological polar surface area (TPSA) is 58.4 Å². The Morgan fingerprint density at radius 1 is 1.29 bits per heavy atom. The molecule has 1 aliphatic rings. The molecule has 3 N–H and O–H groups in total. The molecule has 4 nitrogen and oxygen atoms in total. The number of nitrogens with one attached hydrogen (secondary N) is 1. The van der Waals surface area contributed by atoms with Crippen LogP contribution in [0.15, 0.2) is 24.3 Å². The van der Waals surface area contributed by atoms with Gasteiger partial charge in [0.05, 0.1) is 5.92 Å². The highest BCUT2D eigenvalue weighted by molar-refractivity contribution is 5.80. The predicted octanol–water partition coefficient (Wildman–Crippen LogP) is 3.05. The molecule has 134 valence electrons. The molecule has 1 aromatic carbocycles. The number of hydrogen-bond donors (Lipinski definition) is 2. The molecule has 2 rings (SSSR count). The fourth-order valence-corrected chi connectivity index (χ4v) is 3.64. The Kier molecular flexibility index (Phi) is 6.81. The van der Waals surface area contributed by atoms with Crippen LogP contribution in [0.4, 0.5) is 0 Å². The molecule has 0 aromatic heterocycles. The molecule has 4 heteroatoms. The van der Waals surface area contributed by atoms with Crippen LogP contribution in [0.5, 0.6) is 0 Å². The molecule has 0 bridgehead atoms. The van der Waals surface area contributed by atoms with Crippen LogP contribution in [0.1, 0.15) is 57.6 Å². The zero-order chi connectivity index (χ0) is 17.6. The van der Waals surface area contributed by atoms with Gasteiger partial charge in [-0.05, 0) is 44.0 Å². The van der Waals surface area contributed by atoms with Gasteiger partial charge in [-0.25, -0.2) is 0 Å². The lowest BCUT2D eigenvalue weighted by Gasteiger charge is -2.37. The van der Waals surface area contributed by atoms with E-state index in [4.69, 9.17) is 5.73 Å². The van der Waals surface area contributed by atoms with Gasteiger partial charge in [0.25, 0.3) is 0 Å². The molecule has 1 amide bonds. The van der Waals surface area contributed by atoms with Crippen molar-refractivity contribution in [3.8, 4) is 0 Å². The Labute approximate surface area is 146 Å². The summed E-state index contributed by atoms with van der Waals surface area (Å²) in [6.45, 7) is 10.0. The second kappa shape index (κ2) is 8.63. The van der Waals surface area contributed by atoms with Gasteiger partial charge in [0.2, 0.25) is 5.91 Å². The van der Waals surface area contributed by atoms with Crippen LogP contribution in [0.2, 0.25) is 0 Å². The van der Waals surface area contributed by atoms with Crippen LogP contribution in [0, 0.1) is 5.92 Å². The summed E-state index contributed by atoms with van der Waals surface area (Å²) in [6, 6.07) is 8.51. The van der Waals surface area contributed by atoms with E-state index < -0.39 is 0 Å². The number of hydrogen-bond acceptors (Lipinski definition) is 3. The van der Waals surface area contributed by atoms with E-state index in [1.54, 1.807) is 0 Å². The molecule has 1 saturated carbocycles. The second-order valence-corrected chi connectivity index (χ2v) is 7.30. The fourth-order valence-electron chi connectivity index (χ4n) is 3.64. The average molecular weight is 332 g/mol. The maximum absolute atomic E-state index is 12.5. The summed E-state index contributed by atoms with van der Waals surface area (Å²) in [5, 5.41) is 3.10. The van der Waals surface area contributed by atoms with Gasteiger partial charge in [-0.2, -0.15) is 0 Å². The molecular weight excluding hydrogens is 298 g/mol. The fraction of sp³-hybridized carbons (Fsp3) is 0.650. The van der Waals surface area contributed by atoms with Crippen LogP contribution in [-0.2, 0) is 17.9 Å². The van der Waals surface area contributed by atoms with Gasteiger partial charge >= 0.3 is 0 Å². The smallest absolute Gasteiger partial charge is 0.225 e. The van der Waals surface area contributed by atoms with Crippen LogP contribution in [0.3, 0.4) is 0 Å². The number of carbonyl (C=O) groups excluding carboxylic acids is 1. The first-order chi connectivity index (χ1) is 11.5. The number of carbonyl (C=O) groups is 1. The number of benzene rings is 1. The lowest BCUT2D eigenvalue weighted by Crippen LogP contribution is -2.52. The Morgan fingerprint density at radius 3 is 2.67 bits per heavy atom. The molecule has 2 unspecified atom stereocenters. The van der Waals surface area contributed by atoms with Gasteiger partial charge in [0, 0.05) is 18.6 Å². The van der Waals surface area contributed by atoms with E-state index >= 15 is 0 Å². The van der Waals surface area contributed by atoms with Crippen molar-refractivity contribution in [3.05, 3.63) is 35.4 Å². The van der Waals surface area contributed by atoms with E-state index in [1.807, 2.05) is 6.92 Å². The highest BCUT2D eigenvalue weighted by atomic mass is 16.1. The maximum Gasteiger partial charge on any atom is 0.225 e. The summed E-state index contributed by atoms with van der Waals surface area (Å²) in [7, 11) is 0. The molecule has 0 radical (unpaired) electrons. The predicted molar refractivity (Wildman–Crippen MR) is 99.5 cm³/mol. The Balaban J connectivity index is 1.93. The van der Waals surface area contributed by atoms with Crippen LogP contribution >= 0.6 is 0 Å². The lowest BCUT2D eigenvalue weighted by atomic mass is 9.74. The van der Waals surface area contributed by atoms with Gasteiger partial charge in [-0.3, -0.25) is 9.69 Å². The van der Waals surface area contributed by atoms with Crippen molar-refractivity contribution < 1.29 is 4.79 Å². The first-order valence-electron chi connectivity index (χ1n) is 9.33. The Hall–Kier alpha value is -1.39. The Morgan fingerprint density at radius 2 is 2.00 bits per heavy atom. The zero-order valence-corrected chi connectivity index (χ0v) is 15.5. The molecule has 0 heterocycles. The van der Waals surface area contributed by atoms with Crippen LogP contribution in [0.25, 0.3) is 0 Å². The van der Waals surface area contributed by atoms with E-state index in [0.29, 0.717) is 6.54 Å². The van der Waals surface area contributed by atoms with E-state index in [-0.39, 0.29) is 17.4 Å². The summed E-state index contributed by atoms with van der Waals surface area (Å²) >= 11 is 0. The summed E-state index contributed by atoms with van der Waals surface area (Å²) in [6.07, 6.45) is 4.07. The minimum Gasteiger partial charge on any atom is -0.352 e. The van der Waals surface area contributed by atoms with Gasteiger partial charge in [0.15, 0.2) is 0 Å². The first-order valence-corrected chi connectivity index (χ1v) is 9.33. The molecule has 1 fully saturated rings. The second-order valence-electron chi connectivity index (χ2n) is 7.30. The van der Waals surface area contributed by atoms with Crippen LogP contribution in [-0.4, -0.2) is 29.4 Å². The number of nitrogens with two attached hydrogens (primary N) is 1. The van der Waals surface area contributed by atoms with E-state index in [1.165, 1.54) is 5.56 Å². The molecule has 2 atom stereocenters. The normalized spacial score (nSPS) is 24.1. The summed E-state index contributed by atoms with van der Waals surface area (Å²) < 4.78 is 0. The molecule has 0 spiro atoms. The van der Waals surface area contributed by atoms with E-state index in [2.05, 4.69) is 48.3 Å². The SMILES string of the molecule is CCN(CC)Cc1cccc(CNC(=O)C2CCCCC2(C)N)c1. The third-order valence-electron chi connectivity index (χ3n) is 5.33. The highest BCUT2D eigenvalue weighted by Crippen LogP contribution is 2.31.